The van der Waals surface area contributed by atoms with E-state index in [1.165, 1.54) is 11.3 Å². The Bertz CT molecular complexity index is 1340. The highest BCUT2D eigenvalue weighted by molar-refractivity contribution is 7.15. The first-order valence-electron chi connectivity index (χ1n) is 8.98. The minimum absolute atomic E-state index is 0.202. The standard InChI is InChI=1S/C22H16N4O2S/c1-28-17-8-6-14(7-9-17)19-12-26-20(13-29-22(26)25-19)21(27)24-16-10-15-4-2-3-5-18(15)23-11-16/h2-13H,1H3,(H,24,27). The Morgan fingerprint density at radius 1 is 1.14 bits per heavy atom. The van der Waals surface area contributed by atoms with E-state index in [-0.39, 0.29) is 5.91 Å². The van der Waals surface area contributed by atoms with Gasteiger partial charge in [-0.1, -0.05) is 18.2 Å². The van der Waals surface area contributed by atoms with Gasteiger partial charge in [0, 0.05) is 22.5 Å². The number of imidazole rings is 1. The number of carbonyl (C=O) groups excluding carboxylic acids is 1. The maximum atomic E-state index is 12.9. The summed E-state index contributed by atoms with van der Waals surface area (Å²) in [6.07, 6.45) is 3.54. The van der Waals surface area contributed by atoms with Gasteiger partial charge in [0.1, 0.15) is 11.4 Å². The van der Waals surface area contributed by atoms with E-state index < -0.39 is 0 Å². The van der Waals surface area contributed by atoms with Gasteiger partial charge in [0.05, 0.1) is 30.2 Å². The molecule has 0 aliphatic heterocycles. The lowest BCUT2D eigenvalue weighted by atomic mass is 10.2. The van der Waals surface area contributed by atoms with Crippen molar-refractivity contribution in [3.63, 3.8) is 0 Å². The summed E-state index contributed by atoms with van der Waals surface area (Å²) >= 11 is 1.43. The summed E-state index contributed by atoms with van der Waals surface area (Å²) in [6.45, 7) is 0. The number of nitrogens with one attached hydrogen (secondary N) is 1. The van der Waals surface area contributed by atoms with E-state index >= 15 is 0 Å². The number of hydrogen-bond donors (Lipinski definition) is 1. The van der Waals surface area contributed by atoms with E-state index in [2.05, 4.69) is 15.3 Å². The molecule has 142 valence electrons. The van der Waals surface area contributed by atoms with Crippen molar-refractivity contribution in [1.82, 2.24) is 14.4 Å². The summed E-state index contributed by atoms with van der Waals surface area (Å²) in [5, 5.41) is 5.72. The van der Waals surface area contributed by atoms with E-state index in [0.717, 1.165) is 32.9 Å². The molecule has 0 aliphatic carbocycles. The van der Waals surface area contributed by atoms with Crippen molar-refractivity contribution >= 4 is 38.8 Å². The van der Waals surface area contributed by atoms with Gasteiger partial charge >= 0.3 is 0 Å². The number of thiazole rings is 1. The van der Waals surface area contributed by atoms with Crippen molar-refractivity contribution in [1.29, 1.82) is 0 Å². The molecule has 0 atom stereocenters. The molecule has 7 heteroatoms. The zero-order valence-corrected chi connectivity index (χ0v) is 16.3. The summed E-state index contributed by atoms with van der Waals surface area (Å²) in [6, 6.07) is 17.4. The minimum atomic E-state index is -0.202. The number of carbonyl (C=O) groups is 1. The second-order valence-corrected chi connectivity index (χ2v) is 7.34. The lowest BCUT2D eigenvalue weighted by Crippen LogP contribution is -2.14. The highest BCUT2D eigenvalue weighted by Crippen LogP contribution is 2.26. The fourth-order valence-corrected chi connectivity index (χ4v) is 4.04. The number of ether oxygens (including phenoxy) is 1. The largest absolute Gasteiger partial charge is 0.497 e. The number of nitrogens with zero attached hydrogens (tertiary/aromatic N) is 3. The molecule has 1 amide bonds. The lowest BCUT2D eigenvalue weighted by molar-refractivity contribution is 0.102. The first-order valence-corrected chi connectivity index (χ1v) is 9.86. The van der Waals surface area contributed by atoms with Gasteiger partial charge in [-0.15, -0.1) is 11.3 Å². The smallest absolute Gasteiger partial charge is 0.273 e. The monoisotopic (exact) mass is 400 g/mol. The quantitative estimate of drug-likeness (QED) is 0.467. The van der Waals surface area contributed by atoms with Crippen LogP contribution in [0.15, 0.2) is 72.4 Å². The molecule has 2 aromatic carbocycles. The Labute approximate surface area is 170 Å². The molecule has 0 bridgehead atoms. The van der Waals surface area contributed by atoms with E-state index in [1.54, 1.807) is 13.3 Å². The molecule has 6 nitrogen and oxygen atoms in total. The van der Waals surface area contributed by atoms with Gasteiger partial charge in [0.25, 0.3) is 5.91 Å². The zero-order valence-electron chi connectivity index (χ0n) is 15.5. The van der Waals surface area contributed by atoms with Crippen LogP contribution >= 0.6 is 11.3 Å². The Morgan fingerprint density at radius 3 is 2.79 bits per heavy atom. The van der Waals surface area contributed by atoms with Crippen LogP contribution in [0.2, 0.25) is 0 Å². The van der Waals surface area contributed by atoms with Crippen molar-refractivity contribution < 1.29 is 9.53 Å². The number of methoxy groups -OCH3 is 1. The third kappa shape index (κ3) is 3.21. The first-order chi connectivity index (χ1) is 14.2. The molecular weight excluding hydrogens is 384 g/mol. The van der Waals surface area contributed by atoms with Gasteiger partial charge in [-0.05, 0) is 36.4 Å². The Hall–Kier alpha value is -3.71. The highest BCUT2D eigenvalue weighted by atomic mass is 32.1. The molecule has 1 N–H and O–H groups in total. The molecule has 0 radical (unpaired) electrons. The molecule has 0 unspecified atom stereocenters. The third-order valence-corrected chi connectivity index (χ3v) is 5.52. The van der Waals surface area contributed by atoms with Gasteiger partial charge < -0.3 is 10.1 Å². The van der Waals surface area contributed by atoms with Crippen molar-refractivity contribution in [3.05, 3.63) is 78.1 Å². The molecule has 0 saturated carbocycles. The van der Waals surface area contributed by atoms with Crippen LogP contribution in [0.25, 0.3) is 27.1 Å². The van der Waals surface area contributed by atoms with Crippen LogP contribution in [0.3, 0.4) is 0 Å². The van der Waals surface area contributed by atoms with Crippen LogP contribution in [0, 0.1) is 0 Å². The number of para-hydroxylation sites is 1. The number of amides is 1. The summed E-state index contributed by atoms with van der Waals surface area (Å²) in [7, 11) is 1.64. The second-order valence-electron chi connectivity index (χ2n) is 6.50. The lowest BCUT2D eigenvalue weighted by Gasteiger charge is -2.05. The van der Waals surface area contributed by atoms with E-state index in [9.17, 15) is 4.79 Å². The van der Waals surface area contributed by atoms with Crippen LogP contribution in [0.1, 0.15) is 10.5 Å². The van der Waals surface area contributed by atoms with Crippen molar-refractivity contribution in [3.8, 4) is 17.0 Å². The van der Waals surface area contributed by atoms with Gasteiger partial charge in [0.2, 0.25) is 0 Å². The first kappa shape index (κ1) is 17.4. The van der Waals surface area contributed by atoms with Crippen LogP contribution in [-0.4, -0.2) is 27.4 Å². The highest BCUT2D eigenvalue weighted by Gasteiger charge is 2.16. The molecule has 5 rings (SSSR count). The predicted octanol–water partition coefficient (Wildman–Crippen LogP) is 4.87. The van der Waals surface area contributed by atoms with Crippen LogP contribution < -0.4 is 10.1 Å². The topological polar surface area (TPSA) is 68.5 Å². The molecule has 0 saturated heterocycles. The third-order valence-electron chi connectivity index (χ3n) is 4.68. The summed E-state index contributed by atoms with van der Waals surface area (Å²) < 4.78 is 7.01. The fraction of sp³-hybridized carbons (Fsp3) is 0.0455. The number of pyridine rings is 1. The number of benzene rings is 2. The van der Waals surface area contributed by atoms with Gasteiger partial charge in [-0.3, -0.25) is 14.2 Å². The Kier molecular flexibility index (Phi) is 4.22. The number of rotatable bonds is 4. The number of anilines is 1. The van der Waals surface area contributed by atoms with E-state index in [0.29, 0.717) is 11.4 Å². The van der Waals surface area contributed by atoms with Crippen molar-refractivity contribution in [2.45, 2.75) is 0 Å². The zero-order chi connectivity index (χ0) is 19.8. The average molecular weight is 400 g/mol. The van der Waals surface area contributed by atoms with Gasteiger partial charge in [0.15, 0.2) is 4.96 Å². The number of fused-ring (bicyclic) bond motifs is 2. The number of hydrogen-bond acceptors (Lipinski definition) is 5. The predicted molar refractivity (Wildman–Crippen MR) is 115 cm³/mol. The average Bonchev–Trinajstić information content (AvgIpc) is 3.34. The molecule has 29 heavy (non-hydrogen) atoms. The minimum Gasteiger partial charge on any atom is -0.497 e. The van der Waals surface area contributed by atoms with Crippen LogP contribution in [-0.2, 0) is 0 Å². The van der Waals surface area contributed by atoms with Gasteiger partial charge in [-0.25, -0.2) is 4.98 Å². The van der Waals surface area contributed by atoms with Crippen LogP contribution in [0.4, 0.5) is 5.69 Å². The summed E-state index contributed by atoms with van der Waals surface area (Å²) in [4.78, 5) is 22.7. The summed E-state index contributed by atoms with van der Waals surface area (Å²) in [5.41, 5.74) is 3.85. The molecule has 3 heterocycles. The molecule has 5 aromatic rings. The summed E-state index contributed by atoms with van der Waals surface area (Å²) in [5.74, 6) is 0.589. The van der Waals surface area contributed by atoms with Gasteiger partial charge in [-0.2, -0.15) is 0 Å². The number of aromatic nitrogens is 3. The van der Waals surface area contributed by atoms with Crippen molar-refractivity contribution in [2.75, 3.05) is 12.4 Å². The maximum absolute atomic E-state index is 12.9. The molecular formula is C22H16N4O2S. The Morgan fingerprint density at radius 2 is 1.97 bits per heavy atom. The molecule has 0 spiro atoms. The maximum Gasteiger partial charge on any atom is 0.273 e. The second kappa shape index (κ2) is 7.03. The SMILES string of the molecule is COc1ccc(-c2cn3c(C(=O)Nc4cnc5ccccc5c4)csc3n2)cc1. The Balaban J connectivity index is 1.44. The van der Waals surface area contributed by atoms with E-state index in [4.69, 9.17) is 4.74 Å². The molecule has 3 aromatic heterocycles. The van der Waals surface area contributed by atoms with E-state index in [1.807, 2.05) is 70.6 Å². The fourth-order valence-electron chi connectivity index (χ4n) is 3.18. The van der Waals surface area contributed by atoms with Crippen LogP contribution in [0.5, 0.6) is 5.75 Å². The molecule has 0 fully saturated rings. The van der Waals surface area contributed by atoms with Crippen molar-refractivity contribution in [2.24, 2.45) is 0 Å². The molecule has 0 aliphatic rings. The normalized spacial score (nSPS) is 11.1.